The lowest BCUT2D eigenvalue weighted by molar-refractivity contribution is 0.571. The van der Waals surface area contributed by atoms with E-state index in [1.807, 2.05) is 0 Å². The molecule has 1 atom stereocenters. The summed E-state index contributed by atoms with van der Waals surface area (Å²) >= 11 is 4.41. The first-order valence-electron chi connectivity index (χ1n) is 11.6. The zero-order valence-corrected chi connectivity index (χ0v) is 20.5. The number of hydrogen-bond acceptors (Lipinski definition) is 0. The van der Waals surface area contributed by atoms with Gasteiger partial charge in [-0.25, -0.2) is 0 Å². The predicted molar refractivity (Wildman–Crippen MR) is 130 cm³/mol. The lowest BCUT2D eigenvalue weighted by Gasteiger charge is -2.05. The van der Waals surface area contributed by atoms with E-state index in [2.05, 4.69) is 26.1 Å². The first-order chi connectivity index (χ1) is 12.7. The standard InChI is InChI=1S/C22H48OPS2/c1-3-5-7-9-11-13-15-17-19-21-26(24(23)25)22-20-18-16-14-12-10-8-6-4-2/h23,25H,3-22H2,1-2H3/q+1. The van der Waals surface area contributed by atoms with Crippen LogP contribution < -0.4 is 0 Å². The fraction of sp³-hybridized carbons (Fsp3) is 1.00. The predicted octanol–water partition coefficient (Wildman–Crippen LogP) is 8.82. The summed E-state index contributed by atoms with van der Waals surface area (Å²) in [5.74, 6) is 2.44. The van der Waals surface area contributed by atoms with Crippen LogP contribution in [0.25, 0.3) is 0 Å². The van der Waals surface area contributed by atoms with Crippen LogP contribution in [0, 0.1) is 0 Å². The van der Waals surface area contributed by atoms with E-state index in [1.165, 1.54) is 127 Å². The van der Waals surface area contributed by atoms with Gasteiger partial charge in [-0.3, -0.25) is 0 Å². The molecular weight excluding hydrogens is 375 g/mol. The molecule has 0 aromatic rings. The van der Waals surface area contributed by atoms with Crippen molar-refractivity contribution in [3.63, 3.8) is 0 Å². The van der Waals surface area contributed by atoms with E-state index >= 15 is 0 Å². The zero-order chi connectivity index (χ0) is 19.3. The zero-order valence-electron chi connectivity index (χ0n) is 17.9. The Labute approximate surface area is 174 Å². The van der Waals surface area contributed by atoms with E-state index in [1.54, 1.807) is 0 Å². The molecule has 0 aliphatic rings. The van der Waals surface area contributed by atoms with Crippen molar-refractivity contribution < 1.29 is 4.89 Å². The van der Waals surface area contributed by atoms with Crippen LogP contribution in [-0.4, -0.2) is 16.4 Å². The van der Waals surface area contributed by atoms with Gasteiger partial charge in [0.25, 0.3) is 0 Å². The fourth-order valence-corrected chi connectivity index (χ4v) is 8.25. The van der Waals surface area contributed by atoms with Crippen molar-refractivity contribution >= 4 is 28.4 Å². The van der Waals surface area contributed by atoms with Crippen LogP contribution in [0.15, 0.2) is 0 Å². The molecule has 1 N–H and O–H groups in total. The Kier molecular flexibility index (Phi) is 23.1. The van der Waals surface area contributed by atoms with Gasteiger partial charge < -0.3 is 0 Å². The molecule has 0 rings (SSSR count). The minimum atomic E-state index is -1.01. The highest BCUT2D eigenvalue weighted by Gasteiger charge is 2.11. The molecule has 0 aromatic carbocycles. The van der Waals surface area contributed by atoms with E-state index in [0.717, 1.165) is 0 Å². The van der Waals surface area contributed by atoms with Crippen molar-refractivity contribution in [3.8, 4) is 0 Å². The van der Waals surface area contributed by atoms with Crippen molar-refractivity contribution in [2.24, 2.45) is 0 Å². The quantitative estimate of drug-likeness (QED) is 0.114. The van der Waals surface area contributed by atoms with Gasteiger partial charge >= 0.3 is 6.13 Å². The number of hydrogen-bond donors (Lipinski definition) is 2. The molecule has 0 bridgehead atoms. The smallest absolute Gasteiger partial charge is 0.178 e. The molecule has 158 valence electrons. The van der Waals surface area contributed by atoms with E-state index in [4.69, 9.17) is 0 Å². The second-order valence-electron chi connectivity index (χ2n) is 7.78. The minimum absolute atomic E-state index is 0.185. The first-order valence-corrected chi connectivity index (χ1v) is 16.2. The lowest BCUT2D eigenvalue weighted by atomic mass is 10.1. The molecule has 0 aliphatic carbocycles. The second kappa shape index (κ2) is 22.3. The summed E-state index contributed by atoms with van der Waals surface area (Å²) in [5.41, 5.74) is 0. The Morgan fingerprint density at radius 2 is 0.808 bits per heavy atom. The molecule has 4 heteroatoms. The lowest BCUT2D eigenvalue weighted by Crippen LogP contribution is -2.01. The highest BCUT2D eigenvalue weighted by Crippen LogP contribution is 2.29. The summed E-state index contributed by atoms with van der Waals surface area (Å²) in [6.07, 6.45) is 23.9. The van der Waals surface area contributed by atoms with Crippen molar-refractivity contribution in [2.75, 3.05) is 11.5 Å². The molecule has 0 aromatic heterocycles. The molecule has 26 heavy (non-hydrogen) atoms. The van der Waals surface area contributed by atoms with Gasteiger partial charge in [0, 0.05) is 21.6 Å². The Morgan fingerprint density at radius 1 is 0.538 bits per heavy atom. The van der Waals surface area contributed by atoms with Crippen LogP contribution in [0.3, 0.4) is 0 Å². The van der Waals surface area contributed by atoms with Crippen LogP contribution in [0.1, 0.15) is 129 Å². The highest BCUT2D eigenvalue weighted by atomic mass is 32.9. The largest absolute Gasteiger partial charge is 0.353 e. The molecule has 1 nitrogen and oxygen atoms in total. The van der Waals surface area contributed by atoms with Gasteiger partial charge in [0.05, 0.1) is 0 Å². The average molecular weight is 424 g/mol. The minimum Gasteiger partial charge on any atom is -0.178 e. The van der Waals surface area contributed by atoms with Crippen LogP contribution >= 0.6 is 18.4 Å². The van der Waals surface area contributed by atoms with Gasteiger partial charge in [0.15, 0.2) is 0 Å². The molecule has 1 unspecified atom stereocenters. The summed E-state index contributed by atoms with van der Waals surface area (Å²) in [5, 5.41) is 0. The third kappa shape index (κ3) is 19.7. The maximum absolute atomic E-state index is 10.00. The SMILES string of the molecule is CCCCCCCCCCCS(CCCCCCCCCCC)=[P+](O)S. The summed E-state index contributed by atoms with van der Waals surface area (Å²) in [4.78, 5) is 10.00. The highest BCUT2D eigenvalue weighted by molar-refractivity contribution is 8.60. The van der Waals surface area contributed by atoms with E-state index in [-0.39, 0.29) is 10.1 Å². The van der Waals surface area contributed by atoms with Gasteiger partial charge in [-0.1, -0.05) is 117 Å². The number of unbranched alkanes of at least 4 members (excludes halogenated alkanes) is 16. The molecular formula is C22H48OPS2+. The average Bonchev–Trinajstić information content (AvgIpc) is 2.63. The summed E-state index contributed by atoms with van der Waals surface area (Å²) < 4.78 is 0. The van der Waals surface area contributed by atoms with Crippen LogP contribution in [0.5, 0.6) is 0 Å². The summed E-state index contributed by atoms with van der Waals surface area (Å²) in [6, 6.07) is 0. The number of rotatable bonds is 20. The van der Waals surface area contributed by atoms with Crippen LogP contribution in [0.4, 0.5) is 0 Å². The molecule has 0 heterocycles. The topological polar surface area (TPSA) is 20.2 Å². The molecule has 0 fully saturated rings. The van der Waals surface area contributed by atoms with Gasteiger partial charge in [-0.05, 0) is 12.8 Å². The maximum Gasteiger partial charge on any atom is 0.353 e. The van der Waals surface area contributed by atoms with E-state index < -0.39 is 6.13 Å². The summed E-state index contributed by atoms with van der Waals surface area (Å²) in [6.45, 7) is 4.56. The molecule has 0 amide bonds. The number of thiol groups is 1. The first kappa shape index (κ1) is 27.0. The van der Waals surface area contributed by atoms with Crippen molar-refractivity contribution in [3.05, 3.63) is 0 Å². The molecule has 0 radical (unpaired) electrons. The fourth-order valence-electron chi connectivity index (χ4n) is 3.42. The van der Waals surface area contributed by atoms with Gasteiger partial charge in [0.1, 0.15) is 12.2 Å². The Hall–Kier alpha value is 0.960. The molecule has 0 saturated carbocycles. The van der Waals surface area contributed by atoms with Crippen molar-refractivity contribution in [1.29, 1.82) is 0 Å². The summed E-state index contributed by atoms with van der Waals surface area (Å²) in [7, 11) is 0.185. The van der Waals surface area contributed by atoms with Crippen LogP contribution in [0.2, 0.25) is 0 Å². The van der Waals surface area contributed by atoms with Crippen LogP contribution in [-0.2, 0) is 10.1 Å². The molecule has 0 saturated heterocycles. The van der Waals surface area contributed by atoms with E-state index in [9.17, 15) is 4.89 Å². The van der Waals surface area contributed by atoms with E-state index in [0.29, 0.717) is 0 Å². The Morgan fingerprint density at radius 3 is 1.08 bits per heavy atom. The Bertz CT molecular complexity index is 293. The maximum atomic E-state index is 10.00. The van der Waals surface area contributed by atoms with Crippen molar-refractivity contribution in [1.82, 2.24) is 0 Å². The monoisotopic (exact) mass is 423 g/mol. The van der Waals surface area contributed by atoms with Crippen molar-refractivity contribution in [2.45, 2.75) is 129 Å². The normalized spacial score (nSPS) is 12.1. The molecule has 0 aliphatic heterocycles. The molecule has 0 spiro atoms. The Balaban J connectivity index is 3.51. The third-order valence-corrected chi connectivity index (χ3v) is 11.7. The van der Waals surface area contributed by atoms with Gasteiger partial charge in [0.2, 0.25) is 0 Å². The third-order valence-electron chi connectivity index (χ3n) is 5.20. The van der Waals surface area contributed by atoms with Gasteiger partial charge in [-0.15, -0.1) is 0 Å². The van der Waals surface area contributed by atoms with Gasteiger partial charge in [-0.2, -0.15) is 4.89 Å². The second-order valence-corrected chi connectivity index (χ2v) is 14.6.